The average molecular weight is 372 g/mol. The lowest BCUT2D eigenvalue weighted by molar-refractivity contribution is -0.145. The fourth-order valence-corrected chi connectivity index (χ4v) is 2.32. The van der Waals surface area contributed by atoms with Crippen LogP contribution in [0.25, 0.3) is 0 Å². The largest absolute Gasteiger partial charge is 0.496 e. The summed E-state index contributed by atoms with van der Waals surface area (Å²) in [6.45, 7) is 2.43. The van der Waals surface area contributed by atoms with E-state index in [9.17, 15) is 4.79 Å². The van der Waals surface area contributed by atoms with Gasteiger partial charge in [-0.15, -0.1) is 0 Å². The molecule has 0 aliphatic heterocycles. The molecule has 2 aromatic carbocycles. The quantitative estimate of drug-likeness (QED) is 0.393. The molecule has 0 saturated heterocycles. The first-order valence-electron chi connectivity index (χ1n) is 8.52. The number of methoxy groups -OCH3 is 2. The van der Waals surface area contributed by atoms with E-state index in [2.05, 4.69) is 10.5 Å². The summed E-state index contributed by atoms with van der Waals surface area (Å²) in [5.74, 6) is 1.35. The topological polar surface area (TPSA) is 78.4 Å². The number of ether oxygens (including phenoxy) is 4. The first-order valence-corrected chi connectivity index (χ1v) is 8.52. The van der Waals surface area contributed by atoms with Crippen molar-refractivity contribution in [2.24, 2.45) is 5.10 Å². The Morgan fingerprint density at radius 2 is 1.85 bits per heavy atom. The second kappa shape index (κ2) is 10.7. The number of rotatable bonds is 10. The third-order valence-electron chi connectivity index (χ3n) is 3.61. The summed E-state index contributed by atoms with van der Waals surface area (Å²) in [6, 6.07) is 13.1. The van der Waals surface area contributed by atoms with Gasteiger partial charge < -0.3 is 24.4 Å². The SMILES string of the molecule is CCOC(=O)COc1ccc(/C=N/NCc2ccccc2OC)cc1OC. The Kier molecular flexibility index (Phi) is 7.96. The standard InChI is InChI=1S/C20H24N2O5/c1-4-26-20(23)14-27-18-10-9-15(11-19(18)25-3)12-21-22-13-16-7-5-6-8-17(16)24-2/h5-12,22H,4,13-14H2,1-3H3/b21-12+. The molecule has 2 rings (SSSR count). The highest BCUT2D eigenvalue weighted by molar-refractivity contribution is 5.80. The van der Waals surface area contributed by atoms with Gasteiger partial charge in [-0.3, -0.25) is 0 Å². The smallest absolute Gasteiger partial charge is 0.344 e. The molecule has 0 bridgehead atoms. The summed E-state index contributed by atoms with van der Waals surface area (Å²) < 4.78 is 20.9. The van der Waals surface area contributed by atoms with Gasteiger partial charge in [0.2, 0.25) is 0 Å². The molecule has 0 aliphatic rings. The highest BCUT2D eigenvalue weighted by Crippen LogP contribution is 2.27. The van der Waals surface area contributed by atoms with Crippen molar-refractivity contribution >= 4 is 12.2 Å². The molecular weight excluding hydrogens is 348 g/mol. The average Bonchev–Trinajstić information content (AvgIpc) is 2.70. The van der Waals surface area contributed by atoms with Crippen LogP contribution in [0.5, 0.6) is 17.2 Å². The molecule has 2 aromatic rings. The van der Waals surface area contributed by atoms with Crippen LogP contribution < -0.4 is 19.6 Å². The summed E-state index contributed by atoms with van der Waals surface area (Å²) in [5.41, 5.74) is 4.82. The highest BCUT2D eigenvalue weighted by atomic mass is 16.6. The van der Waals surface area contributed by atoms with E-state index in [1.807, 2.05) is 30.3 Å². The molecule has 27 heavy (non-hydrogen) atoms. The first kappa shape index (κ1) is 20.1. The minimum Gasteiger partial charge on any atom is -0.496 e. The Morgan fingerprint density at radius 1 is 1.07 bits per heavy atom. The molecule has 7 nitrogen and oxygen atoms in total. The third kappa shape index (κ3) is 6.22. The molecule has 0 amide bonds. The molecule has 1 N–H and O–H groups in total. The monoisotopic (exact) mass is 372 g/mol. The maximum absolute atomic E-state index is 11.4. The van der Waals surface area contributed by atoms with E-state index < -0.39 is 5.97 Å². The zero-order valence-electron chi connectivity index (χ0n) is 15.7. The molecule has 0 atom stereocenters. The summed E-state index contributed by atoms with van der Waals surface area (Å²) in [5, 5.41) is 4.21. The zero-order valence-corrected chi connectivity index (χ0v) is 15.7. The lowest BCUT2D eigenvalue weighted by atomic mass is 10.2. The van der Waals surface area contributed by atoms with Crippen LogP contribution in [0.4, 0.5) is 0 Å². The lowest BCUT2D eigenvalue weighted by Gasteiger charge is -2.10. The summed E-state index contributed by atoms with van der Waals surface area (Å²) in [6.07, 6.45) is 1.67. The molecule has 0 fully saturated rings. The lowest BCUT2D eigenvalue weighted by Crippen LogP contribution is -2.14. The zero-order chi connectivity index (χ0) is 19.5. The Bertz CT molecular complexity index is 777. The van der Waals surface area contributed by atoms with Crippen molar-refractivity contribution in [2.75, 3.05) is 27.4 Å². The number of carbonyl (C=O) groups excluding carboxylic acids is 1. The van der Waals surface area contributed by atoms with Crippen molar-refractivity contribution in [1.82, 2.24) is 5.43 Å². The fraction of sp³-hybridized carbons (Fsp3) is 0.300. The van der Waals surface area contributed by atoms with Crippen molar-refractivity contribution in [1.29, 1.82) is 0 Å². The molecule has 0 spiro atoms. The minimum atomic E-state index is -0.425. The van der Waals surface area contributed by atoms with E-state index in [0.29, 0.717) is 24.7 Å². The van der Waals surface area contributed by atoms with Crippen LogP contribution in [0.15, 0.2) is 47.6 Å². The van der Waals surface area contributed by atoms with Gasteiger partial charge >= 0.3 is 5.97 Å². The molecule has 0 aromatic heterocycles. The molecule has 0 aliphatic carbocycles. The van der Waals surface area contributed by atoms with Crippen molar-refractivity contribution in [3.05, 3.63) is 53.6 Å². The van der Waals surface area contributed by atoms with Crippen LogP contribution in [-0.2, 0) is 16.1 Å². The van der Waals surface area contributed by atoms with Crippen LogP contribution >= 0.6 is 0 Å². The molecule has 7 heteroatoms. The van der Waals surface area contributed by atoms with E-state index in [1.54, 1.807) is 32.4 Å². The van der Waals surface area contributed by atoms with Gasteiger partial charge in [-0.2, -0.15) is 5.10 Å². The number of nitrogens with zero attached hydrogens (tertiary/aromatic N) is 1. The Labute approximate surface area is 158 Å². The van der Waals surface area contributed by atoms with Gasteiger partial charge in [0.1, 0.15) is 5.75 Å². The van der Waals surface area contributed by atoms with Crippen molar-refractivity contribution in [2.45, 2.75) is 13.5 Å². The number of hydrogen-bond donors (Lipinski definition) is 1. The van der Waals surface area contributed by atoms with E-state index >= 15 is 0 Å². The Hall–Kier alpha value is -3.22. The highest BCUT2D eigenvalue weighted by Gasteiger charge is 2.08. The number of nitrogens with one attached hydrogen (secondary N) is 1. The number of benzene rings is 2. The van der Waals surface area contributed by atoms with E-state index in [0.717, 1.165) is 16.9 Å². The molecule has 0 saturated carbocycles. The first-order chi connectivity index (χ1) is 13.2. The molecule has 0 unspecified atom stereocenters. The molecule has 0 radical (unpaired) electrons. The van der Waals surface area contributed by atoms with Crippen molar-refractivity contribution < 1.29 is 23.7 Å². The third-order valence-corrected chi connectivity index (χ3v) is 3.61. The minimum absolute atomic E-state index is 0.169. The van der Waals surface area contributed by atoms with Crippen molar-refractivity contribution in [3.63, 3.8) is 0 Å². The number of hydrogen-bond acceptors (Lipinski definition) is 7. The van der Waals surface area contributed by atoms with Crippen LogP contribution in [0.3, 0.4) is 0 Å². The molecular formula is C20H24N2O5. The summed E-state index contributed by atoms with van der Waals surface area (Å²) >= 11 is 0. The van der Waals surface area contributed by atoms with Gasteiger partial charge in [-0.1, -0.05) is 18.2 Å². The van der Waals surface area contributed by atoms with Crippen molar-refractivity contribution in [3.8, 4) is 17.2 Å². The Balaban J connectivity index is 1.94. The fourth-order valence-electron chi connectivity index (χ4n) is 2.32. The van der Waals surface area contributed by atoms with Crippen LogP contribution in [0.1, 0.15) is 18.1 Å². The predicted molar refractivity (Wildman–Crippen MR) is 103 cm³/mol. The molecule has 144 valence electrons. The van der Waals surface area contributed by atoms with Crippen LogP contribution in [0.2, 0.25) is 0 Å². The van der Waals surface area contributed by atoms with Gasteiger partial charge in [0, 0.05) is 5.56 Å². The van der Waals surface area contributed by atoms with Crippen LogP contribution in [-0.4, -0.2) is 39.6 Å². The van der Waals surface area contributed by atoms with E-state index in [4.69, 9.17) is 18.9 Å². The maximum Gasteiger partial charge on any atom is 0.344 e. The number of carbonyl (C=O) groups is 1. The summed E-state index contributed by atoms with van der Waals surface area (Å²) in [4.78, 5) is 11.4. The van der Waals surface area contributed by atoms with Crippen LogP contribution in [0, 0.1) is 0 Å². The van der Waals surface area contributed by atoms with E-state index in [1.165, 1.54) is 7.11 Å². The number of esters is 1. The second-order valence-corrected chi connectivity index (χ2v) is 5.41. The molecule has 0 heterocycles. The van der Waals surface area contributed by atoms with Gasteiger partial charge in [-0.25, -0.2) is 4.79 Å². The number of hydrazone groups is 1. The van der Waals surface area contributed by atoms with Gasteiger partial charge in [0.15, 0.2) is 18.1 Å². The van der Waals surface area contributed by atoms with E-state index in [-0.39, 0.29) is 6.61 Å². The van der Waals surface area contributed by atoms with Gasteiger partial charge in [0.05, 0.1) is 33.6 Å². The number of para-hydroxylation sites is 1. The normalized spacial score (nSPS) is 10.5. The maximum atomic E-state index is 11.4. The predicted octanol–water partition coefficient (Wildman–Crippen LogP) is 2.77. The van der Waals surface area contributed by atoms with Gasteiger partial charge in [0.25, 0.3) is 0 Å². The van der Waals surface area contributed by atoms with Gasteiger partial charge in [-0.05, 0) is 36.8 Å². The summed E-state index contributed by atoms with van der Waals surface area (Å²) in [7, 11) is 3.17. The second-order valence-electron chi connectivity index (χ2n) is 5.41. The Morgan fingerprint density at radius 3 is 2.59 bits per heavy atom.